The summed E-state index contributed by atoms with van der Waals surface area (Å²) in [6.45, 7) is 6.35. The van der Waals surface area contributed by atoms with Crippen LogP contribution in [-0.4, -0.2) is 45.5 Å². The van der Waals surface area contributed by atoms with Crippen LogP contribution in [0.2, 0.25) is 0 Å². The van der Waals surface area contributed by atoms with E-state index in [-0.39, 0.29) is 11.2 Å². The lowest BCUT2D eigenvalue weighted by molar-refractivity contribution is -0.920. The lowest BCUT2D eigenvalue weighted by Crippen LogP contribution is -3.11. The normalized spacial score (nSPS) is 21.1. The predicted molar refractivity (Wildman–Crippen MR) is 94.9 cm³/mol. The van der Waals surface area contributed by atoms with Gasteiger partial charge in [-0.15, -0.1) is 0 Å². The molecule has 1 N–H and O–H groups in total. The van der Waals surface area contributed by atoms with Gasteiger partial charge in [-0.3, -0.25) is 13.9 Å². The molecule has 0 bridgehead atoms. The van der Waals surface area contributed by atoms with Crippen LogP contribution in [0.1, 0.15) is 25.6 Å². The molecule has 1 saturated heterocycles. The number of quaternary nitrogens is 1. The van der Waals surface area contributed by atoms with Gasteiger partial charge in [-0.1, -0.05) is 6.92 Å². The summed E-state index contributed by atoms with van der Waals surface area (Å²) in [6.07, 6.45) is 2.43. The van der Waals surface area contributed by atoms with E-state index in [0.717, 1.165) is 35.9 Å². The quantitative estimate of drug-likeness (QED) is 0.742. The van der Waals surface area contributed by atoms with E-state index in [1.807, 2.05) is 4.57 Å². The number of methoxy groups -OCH3 is 1. The monoisotopic (exact) mass is 350 g/mol. The SMILES string of the molecule is COCCn1c(C[NH+]2CCC(C)CC2)nc2c1c(=O)n(C)c(=O)n2C. The number of hydrogen-bond acceptors (Lipinski definition) is 4. The molecule has 0 atom stereocenters. The molecule has 2 aromatic rings. The Hall–Kier alpha value is -1.93. The molecule has 25 heavy (non-hydrogen) atoms. The standard InChI is InChI=1S/C17H27N5O3/c1-12-5-7-21(8-6-12)11-13-18-15-14(22(13)9-10-25-4)16(23)20(3)17(24)19(15)2/h12H,5-11H2,1-4H3/p+1. The van der Waals surface area contributed by atoms with Crippen molar-refractivity contribution in [2.75, 3.05) is 26.8 Å². The first-order chi connectivity index (χ1) is 11.9. The highest BCUT2D eigenvalue weighted by molar-refractivity contribution is 5.71. The second-order valence-corrected chi connectivity index (χ2v) is 7.16. The van der Waals surface area contributed by atoms with Crippen molar-refractivity contribution in [1.29, 1.82) is 0 Å². The fourth-order valence-electron chi connectivity index (χ4n) is 3.62. The van der Waals surface area contributed by atoms with Crippen molar-refractivity contribution in [3.63, 3.8) is 0 Å². The lowest BCUT2D eigenvalue weighted by Gasteiger charge is -2.27. The highest BCUT2D eigenvalue weighted by atomic mass is 16.5. The van der Waals surface area contributed by atoms with Gasteiger partial charge in [-0.2, -0.15) is 0 Å². The fraction of sp³-hybridized carbons (Fsp3) is 0.706. The molecule has 0 spiro atoms. The van der Waals surface area contributed by atoms with Crippen LogP contribution < -0.4 is 16.1 Å². The summed E-state index contributed by atoms with van der Waals surface area (Å²) in [5.41, 5.74) is 0.306. The molecule has 2 aromatic heterocycles. The molecule has 3 heterocycles. The van der Waals surface area contributed by atoms with Gasteiger partial charge in [-0.05, 0) is 18.8 Å². The molecule has 1 aliphatic rings. The molecule has 1 fully saturated rings. The van der Waals surface area contributed by atoms with Crippen molar-refractivity contribution < 1.29 is 9.64 Å². The lowest BCUT2D eigenvalue weighted by atomic mass is 9.99. The van der Waals surface area contributed by atoms with E-state index in [1.165, 1.54) is 29.4 Å². The molecule has 0 aliphatic carbocycles. The zero-order chi connectivity index (χ0) is 18.1. The highest BCUT2D eigenvalue weighted by Crippen LogP contribution is 2.12. The van der Waals surface area contributed by atoms with Crippen molar-refractivity contribution in [2.24, 2.45) is 20.0 Å². The fourth-order valence-corrected chi connectivity index (χ4v) is 3.62. The summed E-state index contributed by atoms with van der Waals surface area (Å²) in [7, 11) is 4.82. The smallest absolute Gasteiger partial charge is 0.332 e. The Balaban J connectivity index is 2.07. The van der Waals surface area contributed by atoms with Crippen LogP contribution in [0, 0.1) is 5.92 Å². The minimum absolute atomic E-state index is 0.296. The molecular weight excluding hydrogens is 322 g/mol. The second-order valence-electron chi connectivity index (χ2n) is 7.16. The van der Waals surface area contributed by atoms with Crippen LogP contribution in [0.3, 0.4) is 0 Å². The van der Waals surface area contributed by atoms with E-state index in [1.54, 1.807) is 14.2 Å². The largest absolute Gasteiger partial charge is 0.383 e. The Kier molecular flexibility index (Phi) is 5.10. The number of likely N-dealkylation sites (tertiary alicyclic amines) is 1. The third-order valence-corrected chi connectivity index (χ3v) is 5.34. The summed E-state index contributed by atoms with van der Waals surface area (Å²) < 4.78 is 9.75. The van der Waals surface area contributed by atoms with Crippen LogP contribution in [0.25, 0.3) is 11.2 Å². The van der Waals surface area contributed by atoms with Crippen molar-refractivity contribution in [1.82, 2.24) is 18.7 Å². The Morgan fingerprint density at radius 3 is 2.52 bits per heavy atom. The number of ether oxygens (including phenoxy) is 1. The maximum atomic E-state index is 12.7. The maximum Gasteiger partial charge on any atom is 0.332 e. The van der Waals surface area contributed by atoms with Crippen LogP contribution >= 0.6 is 0 Å². The molecule has 0 radical (unpaired) electrons. The number of hydrogen-bond donors (Lipinski definition) is 1. The second kappa shape index (κ2) is 7.13. The Labute approximate surface area is 146 Å². The molecule has 138 valence electrons. The first-order valence-corrected chi connectivity index (χ1v) is 8.91. The van der Waals surface area contributed by atoms with E-state index in [2.05, 4.69) is 11.9 Å². The number of aryl methyl sites for hydroxylation is 1. The van der Waals surface area contributed by atoms with Crippen molar-refractivity contribution >= 4 is 11.2 Å². The van der Waals surface area contributed by atoms with Crippen LogP contribution in [-0.2, 0) is 31.9 Å². The zero-order valence-electron chi connectivity index (χ0n) is 15.5. The molecule has 0 amide bonds. The minimum atomic E-state index is -0.348. The Bertz CT molecular complexity index is 871. The van der Waals surface area contributed by atoms with E-state index < -0.39 is 0 Å². The van der Waals surface area contributed by atoms with Gasteiger partial charge in [0.25, 0.3) is 5.56 Å². The topological polar surface area (TPSA) is 75.5 Å². The molecule has 0 aromatic carbocycles. The third kappa shape index (κ3) is 3.28. The van der Waals surface area contributed by atoms with Crippen molar-refractivity contribution in [3.05, 3.63) is 26.7 Å². The first-order valence-electron chi connectivity index (χ1n) is 8.91. The van der Waals surface area contributed by atoms with Gasteiger partial charge in [0.1, 0.15) is 6.54 Å². The summed E-state index contributed by atoms with van der Waals surface area (Å²) in [6, 6.07) is 0. The maximum absolute atomic E-state index is 12.7. The third-order valence-electron chi connectivity index (χ3n) is 5.34. The highest BCUT2D eigenvalue weighted by Gasteiger charge is 2.24. The van der Waals surface area contributed by atoms with Gasteiger partial charge in [-0.25, -0.2) is 9.78 Å². The van der Waals surface area contributed by atoms with E-state index >= 15 is 0 Å². The van der Waals surface area contributed by atoms with Crippen molar-refractivity contribution in [2.45, 2.75) is 32.9 Å². The Morgan fingerprint density at radius 2 is 1.88 bits per heavy atom. The van der Waals surface area contributed by atoms with E-state index in [4.69, 9.17) is 4.74 Å². The molecular formula is C17H28N5O3+. The summed E-state index contributed by atoms with van der Waals surface area (Å²) in [5.74, 6) is 1.64. The van der Waals surface area contributed by atoms with E-state index in [9.17, 15) is 9.59 Å². The zero-order valence-corrected chi connectivity index (χ0v) is 15.5. The first kappa shape index (κ1) is 17.9. The Morgan fingerprint density at radius 1 is 1.20 bits per heavy atom. The number of imidazole rings is 1. The summed E-state index contributed by atoms with van der Waals surface area (Å²) in [5, 5.41) is 0. The van der Waals surface area contributed by atoms with Crippen molar-refractivity contribution in [3.8, 4) is 0 Å². The average Bonchev–Trinajstić information content (AvgIpc) is 2.96. The van der Waals surface area contributed by atoms with E-state index in [0.29, 0.717) is 24.3 Å². The number of rotatable bonds is 5. The van der Waals surface area contributed by atoms with Crippen LogP contribution in [0.5, 0.6) is 0 Å². The van der Waals surface area contributed by atoms with Gasteiger partial charge in [0, 0.05) is 27.7 Å². The van der Waals surface area contributed by atoms with Gasteiger partial charge in [0.15, 0.2) is 17.0 Å². The predicted octanol–water partition coefficient (Wildman–Crippen LogP) is -1.11. The minimum Gasteiger partial charge on any atom is -0.383 e. The number of nitrogens with zero attached hydrogens (tertiary/aromatic N) is 4. The summed E-state index contributed by atoms with van der Waals surface area (Å²) in [4.78, 5) is 31.0. The van der Waals surface area contributed by atoms with Crippen LogP contribution in [0.4, 0.5) is 0 Å². The number of aromatic nitrogens is 4. The molecule has 1 aliphatic heterocycles. The molecule has 3 rings (SSSR count). The van der Waals surface area contributed by atoms with Gasteiger partial charge in [0.05, 0.1) is 19.7 Å². The molecule has 0 saturated carbocycles. The molecule has 8 heteroatoms. The number of nitrogens with one attached hydrogen (secondary N) is 1. The van der Waals surface area contributed by atoms with Gasteiger partial charge in [0.2, 0.25) is 0 Å². The number of piperidine rings is 1. The average molecular weight is 350 g/mol. The summed E-state index contributed by atoms with van der Waals surface area (Å²) >= 11 is 0. The molecule has 0 unspecified atom stereocenters. The van der Waals surface area contributed by atoms with Gasteiger partial charge < -0.3 is 14.2 Å². The molecule has 8 nitrogen and oxygen atoms in total. The number of fused-ring (bicyclic) bond motifs is 1. The van der Waals surface area contributed by atoms with Crippen LogP contribution in [0.15, 0.2) is 9.59 Å². The van der Waals surface area contributed by atoms with Gasteiger partial charge >= 0.3 is 5.69 Å².